The van der Waals surface area contributed by atoms with Crippen LogP contribution in [0.4, 0.5) is 0 Å². The van der Waals surface area contributed by atoms with Crippen molar-refractivity contribution in [2.45, 2.75) is 13.2 Å². The lowest BCUT2D eigenvalue weighted by atomic mass is 9.99. The van der Waals surface area contributed by atoms with Crippen LogP contribution in [0.1, 0.15) is 27.0 Å². The second-order valence-corrected chi connectivity index (χ2v) is 6.03. The van der Waals surface area contributed by atoms with Gasteiger partial charge < -0.3 is 4.74 Å². The first-order valence-corrected chi connectivity index (χ1v) is 7.30. The van der Waals surface area contributed by atoms with Gasteiger partial charge in [-0.25, -0.2) is 0 Å². The highest BCUT2D eigenvalue weighted by atomic mass is 127. The van der Waals surface area contributed by atoms with Crippen LogP contribution in [0, 0.1) is 3.57 Å². The van der Waals surface area contributed by atoms with Gasteiger partial charge in [-0.2, -0.15) is 0 Å². The molecule has 96 valence electrons. The predicted octanol–water partition coefficient (Wildman–Crippen LogP) is 4.21. The van der Waals surface area contributed by atoms with Gasteiger partial charge in [0, 0.05) is 19.7 Å². The maximum atomic E-state index is 12.5. The fourth-order valence-corrected chi connectivity index (χ4v) is 2.89. The normalized spacial score (nSPS) is 13.4. The van der Waals surface area contributed by atoms with E-state index in [-0.39, 0.29) is 5.78 Å². The standard InChI is InChI=1S/C15H10ClIO2/c16-12-3-4-14(17)13(6-12)15(18)9-1-2-10-7-19-8-11(10)5-9/h1-6H,7-8H2. The zero-order valence-corrected chi connectivity index (χ0v) is 12.9. The molecule has 0 amide bonds. The molecule has 0 atom stereocenters. The molecule has 0 fully saturated rings. The number of fused-ring (bicyclic) bond motifs is 1. The van der Waals surface area contributed by atoms with Crippen molar-refractivity contribution in [2.75, 3.05) is 0 Å². The largest absolute Gasteiger partial charge is 0.372 e. The maximum absolute atomic E-state index is 12.5. The van der Waals surface area contributed by atoms with E-state index < -0.39 is 0 Å². The lowest BCUT2D eigenvalue weighted by Crippen LogP contribution is -2.04. The van der Waals surface area contributed by atoms with E-state index in [9.17, 15) is 4.79 Å². The number of rotatable bonds is 2. The third kappa shape index (κ3) is 2.55. The molecule has 0 spiro atoms. The number of hydrogen-bond acceptors (Lipinski definition) is 2. The molecule has 0 aliphatic carbocycles. The molecule has 19 heavy (non-hydrogen) atoms. The number of ketones is 1. The van der Waals surface area contributed by atoms with Crippen molar-refractivity contribution in [3.05, 3.63) is 67.2 Å². The summed E-state index contributed by atoms with van der Waals surface area (Å²) in [4.78, 5) is 12.5. The van der Waals surface area contributed by atoms with Crippen molar-refractivity contribution < 1.29 is 9.53 Å². The highest BCUT2D eigenvalue weighted by Gasteiger charge is 2.17. The van der Waals surface area contributed by atoms with Crippen LogP contribution in [-0.2, 0) is 18.0 Å². The molecule has 1 aliphatic heterocycles. The molecule has 2 nitrogen and oxygen atoms in total. The summed E-state index contributed by atoms with van der Waals surface area (Å²) in [7, 11) is 0. The van der Waals surface area contributed by atoms with Gasteiger partial charge in [-0.05, 0) is 58.0 Å². The van der Waals surface area contributed by atoms with Crippen molar-refractivity contribution in [2.24, 2.45) is 0 Å². The van der Waals surface area contributed by atoms with Crippen molar-refractivity contribution in [3.63, 3.8) is 0 Å². The second-order valence-electron chi connectivity index (χ2n) is 4.43. The molecule has 0 aromatic heterocycles. The number of benzene rings is 2. The second kappa shape index (κ2) is 5.23. The number of halogens is 2. The summed E-state index contributed by atoms with van der Waals surface area (Å²) in [5.41, 5.74) is 3.59. The predicted molar refractivity (Wildman–Crippen MR) is 82.5 cm³/mol. The first-order chi connectivity index (χ1) is 9.15. The summed E-state index contributed by atoms with van der Waals surface area (Å²) in [5.74, 6) is 0.00148. The van der Waals surface area contributed by atoms with Crippen LogP contribution < -0.4 is 0 Å². The van der Waals surface area contributed by atoms with Crippen LogP contribution in [-0.4, -0.2) is 5.78 Å². The van der Waals surface area contributed by atoms with Gasteiger partial charge in [0.15, 0.2) is 5.78 Å². The molecular weight excluding hydrogens is 375 g/mol. The van der Waals surface area contributed by atoms with Crippen molar-refractivity contribution in [1.82, 2.24) is 0 Å². The lowest BCUT2D eigenvalue weighted by molar-refractivity contribution is 0.103. The Hall–Kier alpha value is -0.910. The SMILES string of the molecule is O=C(c1ccc2c(c1)COC2)c1cc(Cl)ccc1I. The topological polar surface area (TPSA) is 26.3 Å². The Kier molecular flexibility index (Phi) is 3.60. The lowest BCUT2D eigenvalue weighted by Gasteiger charge is -2.06. The Morgan fingerprint density at radius 1 is 1.11 bits per heavy atom. The Labute approximate surface area is 129 Å². The van der Waals surface area contributed by atoms with Crippen LogP contribution in [0.5, 0.6) is 0 Å². The van der Waals surface area contributed by atoms with Crippen LogP contribution in [0.2, 0.25) is 5.02 Å². The maximum Gasteiger partial charge on any atom is 0.194 e. The molecule has 1 heterocycles. The first kappa shape index (κ1) is 13.1. The van der Waals surface area contributed by atoms with Crippen molar-refractivity contribution >= 4 is 40.0 Å². The highest BCUT2D eigenvalue weighted by molar-refractivity contribution is 14.1. The zero-order chi connectivity index (χ0) is 13.4. The van der Waals surface area contributed by atoms with Crippen LogP contribution in [0.3, 0.4) is 0 Å². The average Bonchev–Trinajstić information content (AvgIpc) is 2.88. The van der Waals surface area contributed by atoms with Gasteiger partial charge in [0.05, 0.1) is 13.2 Å². The van der Waals surface area contributed by atoms with Gasteiger partial charge in [0.2, 0.25) is 0 Å². The van der Waals surface area contributed by atoms with E-state index in [4.69, 9.17) is 16.3 Å². The molecule has 0 saturated carbocycles. The van der Waals surface area contributed by atoms with E-state index in [1.807, 2.05) is 24.3 Å². The molecule has 0 unspecified atom stereocenters. The Morgan fingerprint density at radius 2 is 1.89 bits per heavy atom. The highest BCUT2D eigenvalue weighted by Crippen LogP contribution is 2.25. The third-order valence-electron chi connectivity index (χ3n) is 3.16. The fraction of sp³-hybridized carbons (Fsp3) is 0.133. The van der Waals surface area contributed by atoms with Gasteiger partial charge in [0.25, 0.3) is 0 Å². The molecule has 0 radical (unpaired) electrons. The summed E-state index contributed by atoms with van der Waals surface area (Å²) in [6, 6.07) is 11.1. The van der Waals surface area contributed by atoms with Gasteiger partial charge >= 0.3 is 0 Å². The van der Waals surface area contributed by atoms with Gasteiger partial charge in [-0.15, -0.1) is 0 Å². The molecule has 3 rings (SSSR count). The average molecular weight is 385 g/mol. The summed E-state index contributed by atoms with van der Waals surface area (Å²) in [5, 5.41) is 0.577. The Bertz CT molecular complexity index is 667. The number of carbonyl (C=O) groups is 1. The summed E-state index contributed by atoms with van der Waals surface area (Å²) in [6.45, 7) is 1.22. The molecular formula is C15H10ClIO2. The molecule has 1 aliphatic rings. The van der Waals surface area contributed by atoms with E-state index in [1.165, 1.54) is 0 Å². The summed E-state index contributed by atoms with van der Waals surface area (Å²) < 4.78 is 6.27. The smallest absolute Gasteiger partial charge is 0.194 e. The van der Waals surface area contributed by atoms with Crippen LogP contribution in [0.25, 0.3) is 0 Å². The van der Waals surface area contributed by atoms with E-state index in [2.05, 4.69) is 22.6 Å². The van der Waals surface area contributed by atoms with Gasteiger partial charge in [-0.3, -0.25) is 4.79 Å². The zero-order valence-electron chi connectivity index (χ0n) is 9.95. The molecule has 4 heteroatoms. The van der Waals surface area contributed by atoms with Crippen molar-refractivity contribution in [3.8, 4) is 0 Å². The van der Waals surface area contributed by atoms with Crippen molar-refractivity contribution in [1.29, 1.82) is 0 Å². The van der Waals surface area contributed by atoms with E-state index in [0.29, 0.717) is 29.4 Å². The third-order valence-corrected chi connectivity index (χ3v) is 4.33. The van der Waals surface area contributed by atoms with Crippen LogP contribution in [0.15, 0.2) is 36.4 Å². The molecule has 0 saturated heterocycles. The molecule has 0 N–H and O–H groups in total. The fourth-order valence-electron chi connectivity index (χ4n) is 2.14. The Balaban J connectivity index is 2.02. The summed E-state index contributed by atoms with van der Waals surface area (Å²) >= 11 is 8.12. The van der Waals surface area contributed by atoms with Gasteiger partial charge in [-0.1, -0.05) is 23.7 Å². The number of carbonyl (C=O) groups excluding carboxylic acids is 1. The minimum Gasteiger partial charge on any atom is -0.372 e. The van der Waals surface area contributed by atoms with E-state index in [1.54, 1.807) is 12.1 Å². The van der Waals surface area contributed by atoms with E-state index >= 15 is 0 Å². The van der Waals surface area contributed by atoms with Gasteiger partial charge in [0.1, 0.15) is 0 Å². The van der Waals surface area contributed by atoms with E-state index in [0.717, 1.165) is 14.7 Å². The van der Waals surface area contributed by atoms with Crippen LogP contribution >= 0.6 is 34.2 Å². The number of ether oxygens (including phenoxy) is 1. The molecule has 2 aromatic rings. The quantitative estimate of drug-likeness (QED) is 0.573. The Morgan fingerprint density at radius 3 is 2.74 bits per heavy atom. The molecule has 0 bridgehead atoms. The minimum absolute atomic E-state index is 0.00148. The minimum atomic E-state index is 0.00148. The first-order valence-electron chi connectivity index (χ1n) is 5.84. The number of hydrogen-bond donors (Lipinski definition) is 0. The monoisotopic (exact) mass is 384 g/mol. The molecule has 2 aromatic carbocycles. The summed E-state index contributed by atoms with van der Waals surface area (Å²) in [6.07, 6.45) is 0.